The minimum Gasteiger partial charge on any atom is -0.406 e. The lowest BCUT2D eigenvalue weighted by molar-refractivity contribution is -0.274. The molecule has 2 heterocycles. The van der Waals surface area contributed by atoms with Crippen LogP contribution in [-0.4, -0.2) is 50.5 Å². The molecule has 0 bridgehead atoms. The highest BCUT2D eigenvalue weighted by Crippen LogP contribution is 2.22. The van der Waals surface area contributed by atoms with Gasteiger partial charge in [-0.15, -0.1) is 18.3 Å². The summed E-state index contributed by atoms with van der Waals surface area (Å²) in [5.41, 5.74) is 0.645. The zero-order chi connectivity index (χ0) is 19.3. The van der Waals surface area contributed by atoms with Gasteiger partial charge in [-0.2, -0.15) is 0 Å². The molecule has 1 fully saturated rings. The van der Waals surface area contributed by atoms with E-state index in [2.05, 4.69) is 30.5 Å². The van der Waals surface area contributed by atoms with E-state index in [-0.39, 0.29) is 24.7 Å². The number of likely N-dealkylation sites (tertiary alicyclic amines) is 1. The Bertz CT molecular complexity index is 756. The highest BCUT2D eigenvalue weighted by Gasteiger charge is 2.30. The predicted octanol–water partition coefficient (Wildman–Crippen LogP) is 1.48. The van der Waals surface area contributed by atoms with Gasteiger partial charge in [0.05, 0.1) is 6.54 Å². The lowest BCUT2D eigenvalue weighted by atomic mass is 10.2. The van der Waals surface area contributed by atoms with Crippen molar-refractivity contribution in [3.63, 3.8) is 0 Å². The van der Waals surface area contributed by atoms with Crippen LogP contribution in [0.3, 0.4) is 0 Å². The van der Waals surface area contributed by atoms with Crippen molar-refractivity contribution in [1.82, 2.24) is 30.4 Å². The number of alkyl halides is 3. The second-order valence-corrected chi connectivity index (χ2v) is 6.20. The normalized spacial score (nSPS) is 15.1. The standard InChI is InChI=1S/C16H19F3N6O2/c17-16(18,19)27-13-5-3-12(4-6-13)9-20-15(26)11-25-14(21-22-23-25)10-24-7-1-2-8-24/h3-6H,1-2,7-11H2,(H,20,26). The van der Waals surface area contributed by atoms with Crippen LogP contribution >= 0.6 is 0 Å². The number of amides is 1. The average molecular weight is 384 g/mol. The van der Waals surface area contributed by atoms with E-state index in [0.29, 0.717) is 17.9 Å². The molecule has 3 rings (SSSR count). The minimum absolute atomic E-state index is 0.0224. The van der Waals surface area contributed by atoms with Gasteiger partial charge in [0, 0.05) is 6.54 Å². The smallest absolute Gasteiger partial charge is 0.406 e. The maximum atomic E-state index is 12.1. The van der Waals surface area contributed by atoms with E-state index in [9.17, 15) is 18.0 Å². The van der Waals surface area contributed by atoms with Crippen LogP contribution in [0.15, 0.2) is 24.3 Å². The second-order valence-electron chi connectivity index (χ2n) is 6.20. The summed E-state index contributed by atoms with van der Waals surface area (Å²) in [6.07, 6.45) is -2.43. The van der Waals surface area contributed by atoms with Crippen LogP contribution in [0.5, 0.6) is 5.75 Å². The van der Waals surface area contributed by atoms with Crippen molar-refractivity contribution in [2.75, 3.05) is 13.1 Å². The van der Waals surface area contributed by atoms with E-state index >= 15 is 0 Å². The first-order chi connectivity index (χ1) is 12.9. The summed E-state index contributed by atoms with van der Waals surface area (Å²) >= 11 is 0. The van der Waals surface area contributed by atoms with E-state index in [1.807, 2.05) is 0 Å². The lowest BCUT2D eigenvalue weighted by Crippen LogP contribution is -2.29. The quantitative estimate of drug-likeness (QED) is 0.779. The zero-order valence-electron chi connectivity index (χ0n) is 14.4. The Morgan fingerprint density at radius 2 is 1.89 bits per heavy atom. The molecule has 0 atom stereocenters. The summed E-state index contributed by atoms with van der Waals surface area (Å²) in [5.74, 6) is 0.0270. The Kier molecular flexibility index (Phi) is 5.89. The number of rotatable bonds is 7. The summed E-state index contributed by atoms with van der Waals surface area (Å²) in [6, 6.07) is 5.31. The fourth-order valence-corrected chi connectivity index (χ4v) is 2.80. The molecule has 1 aromatic carbocycles. The van der Waals surface area contributed by atoms with Gasteiger partial charge in [-0.05, 0) is 54.1 Å². The summed E-state index contributed by atoms with van der Waals surface area (Å²) in [7, 11) is 0. The molecule has 8 nitrogen and oxygen atoms in total. The minimum atomic E-state index is -4.73. The molecule has 11 heteroatoms. The average Bonchev–Trinajstić information content (AvgIpc) is 3.26. The number of ether oxygens (including phenoxy) is 1. The van der Waals surface area contributed by atoms with E-state index in [1.165, 1.54) is 28.9 Å². The molecule has 1 aromatic heterocycles. The molecule has 1 saturated heterocycles. The third-order valence-electron chi connectivity index (χ3n) is 4.11. The number of benzene rings is 1. The zero-order valence-corrected chi connectivity index (χ0v) is 14.4. The van der Waals surface area contributed by atoms with Gasteiger partial charge in [0.2, 0.25) is 5.91 Å². The van der Waals surface area contributed by atoms with Crippen LogP contribution in [-0.2, 0) is 24.4 Å². The molecule has 1 amide bonds. The van der Waals surface area contributed by atoms with Gasteiger partial charge in [0.15, 0.2) is 5.82 Å². The molecule has 27 heavy (non-hydrogen) atoms. The predicted molar refractivity (Wildman–Crippen MR) is 87.3 cm³/mol. The van der Waals surface area contributed by atoms with Crippen LogP contribution < -0.4 is 10.1 Å². The second kappa shape index (κ2) is 8.33. The summed E-state index contributed by atoms with van der Waals surface area (Å²) in [4.78, 5) is 14.3. The Labute approximate surface area is 153 Å². The molecular weight excluding hydrogens is 365 g/mol. The van der Waals surface area contributed by atoms with Gasteiger partial charge in [-0.3, -0.25) is 9.69 Å². The number of halogens is 3. The van der Waals surface area contributed by atoms with Gasteiger partial charge >= 0.3 is 6.36 Å². The third kappa shape index (κ3) is 5.91. The van der Waals surface area contributed by atoms with Gasteiger partial charge < -0.3 is 10.1 Å². The molecule has 1 N–H and O–H groups in total. The Morgan fingerprint density at radius 1 is 1.19 bits per heavy atom. The summed E-state index contributed by atoms with van der Waals surface area (Å²) in [5, 5.41) is 14.1. The number of nitrogens with one attached hydrogen (secondary N) is 1. The Hall–Kier alpha value is -2.69. The van der Waals surface area contributed by atoms with E-state index in [4.69, 9.17) is 0 Å². The van der Waals surface area contributed by atoms with Gasteiger partial charge in [0.25, 0.3) is 0 Å². The molecular formula is C16H19F3N6O2. The van der Waals surface area contributed by atoms with Gasteiger partial charge in [-0.1, -0.05) is 12.1 Å². The molecule has 146 valence electrons. The molecule has 0 aliphatic carbocycles. The number of hydrogen-bond acceptors (Lipinski definition) is 6. The Morgan fingerprint density at radius 3 is 2.56 bits per heavy atom. The largest absolute Gasteiger partial charge is 0.573 e. The maximum Gasteiger partial charge on any atom is 0.573 e. The number of nitrogens with zero attached hydrogens (tertiary/aromatic N) is 5. The number of aromatic nitrogens is 4. The maximum absolute atomic E-state index is 12.1. The van der Waals surface area contributed by atoms with Crippen molar-refractivity contribution >= 4 is 5.91 Å². The number of carbonyl (C=O) groups excluding carboxylic acids is 1. The van der Waals surface area contributed by atoms with Crippen LogP contribution in [0.2, 0.25) is 0 Å². The van der Waals surface area contributed by atoms with E-state index in [1.54, 1.807) is 0 Å². The number of tetrazole rings is 1. The van der Waals surface area contributed by atoms with E-state index in [0.717, 1.165) is 25.9 Å². The highest BCUT2D eigenvalue weighted by molar-refractivity contribution is 5.75. The first kappa shape index (κ1) is 19.1. The molecule has 0 saturated carbocycles. The van der Waals surface area contributed by atoms with Crippen LogP contribution in [0, 0.1) is 0 Å². The molecule has 1 aliphatic rings. The van der Waals surface area contributed by atoms with Gasteiger partial charge in [-0.25, -0.2) is 4.68 Å². The van der Waals surface area contributed by atoms with E-state index < -0.39 is 6.36 Å². The van der Waals surface area contributed by atoms with Crippen LogP contribution in [0.4, 0.5) is 13.2 Å². The first-order valence-electron chi connectivity index (χ1n) is 8.48. The molecule has 0 radical (unpaired) electrons. The lowest BCUT2D eigenvalue weighted by Gasteiger charge is -2.13. The van der Waals surface area contributed by atoms with Crippen molar-refractivity contribution in [3.05, 3.63) is 35.7 Å². The van der Waals surface area contributed by atoms with Crippen molar-refractivity contribution in [2.24, 2.45) is 0 Å². The SMILES string of the molecule is O=C(Cn1nnnc1CN1CCCC1)NCc1ccc(OC(F)(F)F)cc1. The molecule has 0 unspecified atom stereocenters. The van der Waals surface area contributed by atoms with Crippen LogP contribution in [0.25, 0.3) is 0 Å². The van der Waals surface area contributed by atoms with Crippen molar-refractivity contribution in [1.29, 1.82) is 0 Å². The first-order valence-corrected chi connectivity index (χ1v) is 8.48. The number of carbonyl (C=O) groups is 1. The third-order valence-corrected chi connectivity index (χ3v) is 4.11. The van der Waals surface area contributed by atoms with Crippen LogP contribution in [0.1, 0.15) is 24.2 Å². The van der Waals surface area contributed by atoms with Crippen molar-refractivity contribution in [3.8, 4) is 5.75 Å². The molecule has 0 spiro atoms. The fraction of sp³-hybridized carbons (Fsp3) is 0.500. The molecule has 2 aromatic rings. The topological polar surface area (TPSA) is 85.2 Å². The fourth-order valence-electron chi connectivity index (χ4n) is 2.80. The number of hydrogen-bond donors (Lipinski definition) is 1. The monoisotopic (exact) mass is 384 g/mol. The highest BCUT2D eigenvalue weighted by atomic mass is 19.4. The molecule has 1 aliphatic heterocycles. The summed E-state index contributed by atoms with van der Waals surface area (Å²) in [6.45, 7) is 2.74. The summed E-state index contributed by atoms with van der Waals surface area (Å²) < 4.78 is 41.7. The van der Waals surface area contributed by atoms with Crippen molar-refractivity contribution < 1.29 is 22.7 Å². The van der Waals surface area contributed by atoms with Gasteiger partial charge in [0.1, 0.15) is 12.3 Å². The van der Waals surface area contributed by atoms with Crippen molar-refractivity contribution in [2.45, 2.75) is 38.8 Å². The Balaban J connectivity index is 1.48.